The average molecular weight is 233 g/mol. The number of terminal acetylenes is 1. The molecule has 17 heavy (non-hydrogen) atoms. The van der Waals surface area contributed by atoms with E-state index in [1.54, 1.807) is 12.1 Å². The molecular formula is C15H20FN. The zero-order valence-corrected chi connectivity index (χ0v) is 10.2. The van der Waals surface area contributed by atoms with Gasteiger partial charge in [0.2, 0.25) is 0 Å². The lowest BCUT2D eigenvalue weighted by Gasteiger charge is -2.22. The van der Waals surface area contributed by atoms with Gasteiger partial charge >= 0.3 is 0 Å². The molecule has 2 heteroatoms. The van der Waals surface area contributed by atoms with E-state index < -0.39 is 0 Å². The summed E-state index contributed by atoms with van der Waals surface area (Å²) in [7, 11) is 0. The SMILES string of the molecule is C#C.Nc1cccc(F)c1CC1CCCCC1. The Morgan fingerprint density at radius 2 is 1.82 bits per heavy atom. The second kappa shape index (κ2) is 6.96. The van der Waals surface area contributed by atoms with Gasteiger partial charge in [-0.15, -0.1) is 12.8 Å². The Morgan fingerprint density at radius 3 is 2.41 bits per heavy atom. The van der Waals surface area contributed by atoms with Crippen LogP contribution in [0, 0.1) is 24.6 Å². The number of benzene rings is 1. The normalized spacial score (nSPS) is 15.9. The molecule has 1 saturated carbocycles. The fourth-order valence-electron chi connectivity index (χ4n) is 2.47. The van der Waals surface area contributed by atoms with E-state index >= 15 is 0 Å². The Hall–Kier alpha value is -1.49. The summed E-state index contributed by atoms with van der Waals surface area (Å²) in [4.78, 5) is 0. The molecular weight excluding hydrogens is 213 g/mol. The van der Waals surface area contributed by atoms with Crippen molar-refractivity contribution in [3.63, 3.8) is 0 Å². The molecule has 1 aliphatic carbocycles. The average Bonchev–Trinajstić information content (AvgIpc) is 2.38. The molecule has 1 aromatic carbocycles. The Labute approximate surface area is 103 Å². The number of anilines is 1. The molecule has 1 aliphatic rings. The van der Waals surface area contributed by atoms with Crippen molar-refractivity contribution in [2.45, 2.75) is 38.5 Å². The summed E-state index contributed by atoms with van der Waals surface area (Å²) in [6, 6.07) is 4.98. The van der Waals surface area contributed by atoms with E-state index in [4.69, 9.17) is 5.73 Å². The number of halogens is 1. The second-order valence-corrected chi connectivity index (χ2v) is 4.52. The third kappa shape index (κ3) is 3.78. The predicted molar refractivity (Wildman–Crippen MR) is 71.0 cm³/mol. The topological polar surface area (TPSA) is 26.0 Å². The van der Waals surface area contributed by atoms with Gasteiger partial charge in [-0.25, -0.2) is 4.39 Å². The molecule has 0 bridgehead atoms. The summed E-state index contributed by atoms with van der Waals surface area (Å²) in [5.74, 6) is 0.499. The molecule has 0 unspecified atom stereocenters. The van der Waals surface area contributed by atoms with Gasteiger partial charge in [0.15, 0.2) is 0 Å². The first-order chi connectivity index (χ1) is 8.27. The van der Waals surface area contributed by atoms with Crippen LogP contribution in [0.5, 0.6) is 0 Å². The predicted octanol–water partition coefficient (Wildman–Crippen LogP) is 3.78. The largest absolute Gasteiger partial charge is 0.398 e. The van der Waals surface area contributed by atoms with Crippen molar-refractivity contribution >= 4 is 5.69 Å². The molecule has 1 fully saturated rings. The third-order valence-electron chi connectivity index (χ3n) is 3.37. The first-order valence-corrected chi connectivity index (χ1v) is 6.13. The molecule has 0 amide bonds. The number of nitrogens with two attached hydrogens (primary N) is 1. The van der Waals surface area contributed by atoms with Crippen molar-refractivity contribution in [3.8, 4) is 12.8 Å². The van der Waals surface area contributed by atoms with Gasteiger partial charge in [-0.05, 0) is 24.5 Å². The second-order valence-electron chi connectivity index (χ2n) is 4.52. The fourth-order valence-corrected chi connectivity index (χ4v) is 2.47. The smallest absolute Gasteiger partial charge is 0.128 e. The molecule has 0 atom stereocenters. The first kappa shape index (κ1) is 13.6. The van der Waals surface area contributed by atoms with Crippen molar-refractivity contribution in [2.24, 2.45) is 5.92 Å². The highest BCUT2D eigenvalue weighted by Crippen LogP contribution is 2.29. The van der Waals surface area contributed by atoms with E-state index in [9.17, 15) is 4.39 Å². The molecule has 0 heterocycles. The molecule has 0 radical (unpaired) electrons. The minimum Gasteiger partial charge on any atom is -0.398 e. The molecule has 0 saturated heterocycles. The Bertz CT molecular complexity index is 344. The lowest BCUT2D eigenvalue weighted by atomic mass is 9.84. The van der Waals surface area contributed by atoms with Gasteiger partial charge in [0.25, 0.3) is 0 Å². The maximum Gasteiger partial charge on any atom is 0.128 e. The van der Waals surface area contributed by atoms with Crippen LogP contribution < -0.4 is 5.73 Å². The molecule has 0 aromatic heterocycles. The lowest BCUT2D eigenvalue weighted by Crippen LogP contribution is -2.11. The monoisotopic (exact) mass is 233 g/mol. The molecule has 0 aliphatic heterocycles. The molecule has 1 aromatic rings. The van der Waals surface area contributed by atoms with Crippen LogP contribution in [0.1, 0.15) is 37.7 Å². The summed E-state index contributed by atoms with van der Waals surface area (Å²) >= 11 is 0. The number of rotatable bonds is 2. The van der Waals surface area contributed by atoms with E-state index in [1.807, 2.05) is 0 Å². The van der Waals surface area contributed by atoms with Gasteiger partial charge in [0.05, 0.1) is 0 Å². The van der Waals surface area contributed by atoms with Gasteiger partial charge < -0.3 is 5.73 Å². The van der Waals surface area contributed by atoms with Crippen molar-refractivity contribution in [1.82, 2.24) is 0 Å². The van der Waals surface area contributed by atoms with Crippen LogP contribution >= 0.6 is 0 Å². The molecule has 2 rings (SSSR count). The standard InChI is InChI=1S/C13H18FN.C2H2/c14-12-7-4-8-13(15)11(12)9-10-5-2-1-3-6-10;1-2/h4,7-8,10H,1-3,5-6,9,15H2;1-2H. The van der Waals surface area contributed by atoms with Crippen LogP contribution in [0.25, 0.3) is 0 Å². The zero-order valence-electron chi connectivity index (χ0n) is 10.2. The minimum atomic E-state index is -0.138. The maximum absolute atomic E-state index is 13.5. The highest BCUT2D eigenvalue weighted by Gasteiger charge is 2.17. The molecule has 1 nitrogen and oxygen atoms in total. The zero-order chi connectivity index (χ0) is 12.7. The van der Waals surface area contributed by atoms with Crippen molar-refractivity contribution in [3.05, 3.63) is 29.6 Å². The summed E-state index contributed by atoms with van der Waals surface area (Å²) < 4.78 is 13.5. The van der Waals surface area contributed by atoms with E-state index in [1.165, 1.54) is 38.2 Å². The minimum absolute atomic E-state index is 0.138. The Morgan fingerprint density at radius 1 is 1.18 bits per heavy atom. The quantitative estimate of drug-likeness (QED) is 0.610. The first-order valence-electron chi connectivity index (χ1n) is 6.13. The maximum atomic E-state index is 13.5. The van der Waals surface area contributed by atoms with E-state index in [2.05, 4.69) is 12.8 Å². The van der Waals surface area contributed by atoms with Gasteiger partial charge in [0, 0.05) is 11.3 Å². The number of hydrogen-bond donors (Lipinski definition) is 1. The van der Waals surface area contributed by atoms with Gasteiger partial charge in [-0.3, -0.25) is 0 Å². The molecule has 0 spiro atoms. The fraction of sp³-hybridized carbons (Fsp3) is 0.467. The molecule has 2 N–H and O–H groups in total. The Kier molecular flexibility index (Phi) is 5.56. The highest BCUT2D eigenvalue weighted by molar-refractivity contribution is 5.47. The van der Waals surface area contributed by atoms with Crippen molar-refractivity contribution in [2.75, 3.05) is 5.73 Å². The van der Waals surface area contributed by atoms with Crippen LogP contribution in [-0.2, 0) is 6.42 Å². The summed E-state index contributed by atoms with van der Waals surface area (Å²) in [6.45, 7) is 0. The van der Waals surface area contributed by atoms with Gasteiger partial charge in [-0.1, -0.05) is 38.2 Å². The van der Waals surface area contributed by atoms with E-state index in [0.29, 0.717) is 11.6 Å². The lowest BCUT2D eigenvalue weighted by molar-refractivity contribution is 0.353. The number of nitrogen functional groups attached to an aromatic ring is 1. The van der Waals surface area contributed by atoms with Crippen molar-refractivity contribution < 1.29 is 4.39 Å². The van der Waals surface area contributed by atoms with Crippen LogP contribution in [0.2, 0.25) is 0 Å². The van der Waals surface area contributed by atoms with Gasteiger partial charge in [-0.2, -0.15) is 0 Å². The highest BCUT2D eigenvalue weighted by atomic mass is 19.1. The van der Waals surface area contributed by atoms with Gasteiger partial charge in [0.1, 0.15) is 5.82 Å². The Balaban J connectivity index is 0.000000686. The van der Waals surface area contributed by atoms with Crippen LogP contribution in [0.4, 0.5) is 10.1 Å². The van der Waals surface area contributed by atoms with E-state index in [-0.39, 0.29) is 5.82 Å². The van der Waals surface area contributed by atoms with Crippen LogP contribution in [0.15, 0.2) is 18.2 Å². The van der Waals surface area contributed by atoms with Crippen LogP contribution in [0.3, 0.4) is 0 Å². The summed E-state index contributed by atoms with van der Waals surface area (Å²) in [5, 5.41) is 0. The van der Waals surface area contributed by atoms with Crippen LogP contribution in [-0.4, -0.2) is 0 Å². The summed E-state index contributed by atoms with van der Waals surface area (Å²) in [5.41, 5.74) is 7.14. The van der Waals surface area contributed by atoms with E-state index in [0.717, 1.165) is 12.0 Å². The summed E-state index contributed by atoms with van der Waals surface area (Å²) in [6.07, 6.45) is 15.2. The molecule has 92 valence electrons. The number of hydrogen-bond acceptors (Lipinski definition) is 1. The van der Waals surface area contributed by atoms with Crippen molar-refractivity contribution in [1.29, 1.82) is 0 Å². The third-order valence-corrected chi connectivity index (χ3v) is 3.37.